The zero-order valence-corrected chi connectivity index (χ0v) is 17.5. The van der Waals surface area contributed by atoms with Crippen molar-refractivity contribution in [2.75, 3.05) is 4.72 Å². The first-order valence-corrected chi connectivity index (χ1v) is 11.0. The second kappa shape index (κ2) is 8.60. The maximum absolute atomic E-state index is 13.0. The van der Waals surface area contributed by atoms with Gasteiger partial charge in [-0.05, 0) is 54.6 Å². The monoisotopic (exact) mass is 468 g/mol. The van der Waals surface area contributed by atoms with E-state index in [0.717, 1.165) is 18.2 Å². The van der Waals surface area contributed by atoms with E-state index < -0.39 is 37.8 Å². The molecule has 0 saturated carbocycles. The third-order valence-corrected chi connectivity index (χ3v) is 6.29. The number of rotatable bonds is 5. The van der Waals surface area contributed by atoms with Gasteiger partial charge in [0.25, 0.3) is 21.2 Å². The standard InChI is InChI=1S/C20H15F3N2O4S2/c1-2-5-15-12(10-17-18(26)24-19(27)30-17)6-3-9-16(15)25-31(28,29)14-8-4-7-13(11-14)20(21,22)23/h2-11,25H,1H3,(H,24,26,27)/b5-2-,17-10-. The highest BCUT2D eigenvalue weighted by Crippen LogP contribution is 2.33. The Bertz CT molecular complexity index is 1220. The van der Waals surface area contributed by atoms with Crippen LogP contribution in [0.5, 0.6) is 0 Å². The van der Waals surface area contributed by atoms with Crippen LogP contribution in [0.3, 0.4) is 0 Å². The van der Waals surface area contributed by atoms with E-state index in [1.807, 2.05) is 0 Å². The molecule has 0 aliphatic carbocycles. The summed E-state index contributed by atoms with van der Waals surface area (Å²) in [6.07, 6.45) is -0.0465. The van der Waals surface area contributed by atoms with Crippen LogP contribution in [0.1, 0.15) is 23.6 Å². The number of benzene rings is 2. The minimum Gasteiger partial charge on any atom is -0.282 e. The molecule has 1 aliphatic heterocycles. The minimum absolute atomic E-state index is 0.0968. The zero-order chi connectivity index (χ0) is 22.8. The van der Waals surface area contributed by atoms with Crippen molar-refractivity contribution in [1.29, 1.82) is 0 Å². The summed E-state index contributed by atoms with van der Waals surface area (Å²) in [6, 6.07) is 7.97. The number of hydrogen-bond acceptors (Lipinski definition) is 5. The largest absolute Gasteiger partial charge is 0.416 e. The van der Waals surface area contributed by atoms with Gasteiger partial charge in [-0.3, -0.25) is 19.6 Å². The van der Waals surface area contributed by atoms with Crippen molar-refractivity contribution < 1.29 is 31.2 Å². The molecular weight excluding hydrogens is 453 g/mol. The van der Waals surface area contributed by atoms with Gasteiger partial charge >= 0.3 is 6.18 Å². The Morgan fingerprint density at radius 3 is 2.42 bits per heavy atom. The molecule has 31 heavy (non-hydrogen) atoms. The molecule has 0 spiro atoms. The van der Waals surface area contributed by atoms with Crippen molar-refractivity contribution >= 4 is 50.8 Å². The molecule has 0 atom stereocenters. The molecule has 0 unspecified atom stereocenters. The average molecular weight is 468 g/mol. The van der Waals surface area contributed by atoms with Gasteiger partial charge in [0.15, 0.2) is 0 Å². The molecule has 0 radical (unpaired) electrons. The first-order chi connectivity index (χ1) is 14.5. The Morgan fingerprint density at radius 1 is 1.10 bits per heavy atom. The van der Waals surface area contributed by atoms with Gasteiger partial charge in [0.05, 0.1) is 21.1 Å². The Morgan fingerprint density at radius 2 is 1.81 bits per heavy atom. The summed E-state index contributed by atoms with van der Waals surface area (Å²) in [5.74, 6) is -0.573. The maximum Gasteiger partial charge on any atom is 0.416 e. The predicted octanol–water partition coefficient (Wildman–Crippen LogP) is 4.86. The number of halogens is 3. The van der Waals surface area contributed by atoms with Crippen LogP contribution in [-0.4, -0.2) is 19.6 Å². The van der Waals surface area contributed by atoms with E-state index in [1.54, 1.807) is 25.1 Å². The Hall–Kier alpha value is -3.05. The number of carbonyl (C=O) groups is 2. The Balaban J connectivity index is 2.03. The smallest absolute Gasteiger partial charge is 0.282 e. The van der Waals surface area contributed by atoms with Gasteiger partial charge in [-0.1, -0.05) is 30.4 Å². The van der Waals surface area contributed by atoms with Crippen LogP contribution in [0.4, 0.5) is 23.7 Å². The van der Waals surface area contributed by atoms with Crippen molar-refractivity contribution in [1.82, 2.24) is 5.32 Å². The number of carbonyl (C=O) groups excluding carboxylic acids is 2. The maximum atomic E-state index is 13.0. The molecule has 2 N–H and O–H groups in total. The van der Waals surface area contributed by atoms with Gasteiger partial charge in [0.2, 0.25) is 0 Å². The summed E-state index contributed by atoms with van der Waals surface area (Å²) < 4.78 is 66.7. The van der Waals surface area contributed by atoms with Crippen LogP contribution in [-0.2, 0) is 21.0 Å². The van der Waals surface area contributed by atoms with Crippen molar-refractivity contribution in [3.05, 3.63) is 70.1 Å². The molecule has 3 rings (SSSR count). The highest BCUT2D eigenvalue weighted by atomic mass is 32.2. The molecule has 6 nitrogen and oxygen atoms in total. The molecule has 162 valence electrons. The van der Waals surface area contributed by atoms with Crippen LogP contribution in [0.15, 0.2) is 58.3 Å². The first-order valence-electron chi connectivity index (χ1n) is 8.72. The lowest BCUT2D eigenvalue weighted by Crippen LogP contribution is -2.17. The van der Waals surface area contributed by atoms with Crippen LogP contribution >= 0.6 is 11.8 Å². The molecule has 1 aliphatic rings. The van der Waals surface area contributed by atoms with Crippen molar-refractivity contribution in [3.8, 4) is 0 Å². The number of hydrogen-bond donors (Lipinski definition) is 2. The number of thioether (sulfide) groups is 1. The highest BCUT2D eigenvalue weighted by molar-refractivity contribution is 8.18. The number of allylic oxidation sites excluding steroid dienone is 1. The van der Waals surface area contributed by atoms with Crippen molar-refractivity contribution in [2.24, 2.45) is 0 Å². The lowest BCUT2D eigenvalue weighted by molar-refractivity contribution is -0.137. The lowest BCUT2D eigenvalue weighted by atomic mass is 10.0. The number of nitrogens with one attached hydrogen (secondary N) is 2. The molecule has 1 heterocycles. The summed E-state index contributed by atoms with van der Waals surface area (Å²) in [7, 11) is -4.34. The van der Waals surface area contributed by atoms with E-state index in [4.69, 9.17) is 0 Å². The molecule has 2 amide bonds. The number of anilines is 1. The Kier molecular flexibility index (Phi) is 6.27. The van der Waals surface area contributed by atoms with E-state index in [0.29, 0.717) is 29.0 Å². The summed E-state index contributed by atoms with van der Waals surface area (Å²) in [5.41, 5.74) is -0.174. The van der Waals surface area contributed by atoms with Crippen molar-refractivity contribution in [3.63, 3.8) is 0 Å². The van der Waals surface area contributed by atoms with Crippen molar-refractivity contribution in [2.45, 2.75) is 18.0 Å². The SMILES string of the molecule is C/C=C\c1c(/C=C2\SC(=O)NC2=O)cccc1NS(=O)(=O)c1cccc(C(F)(F)F)c1. The van der Waals surface area contributed by atoms with E-state index in [-0.39, 0.29) is 10.6 Å². The zero-order valence-electron chi connectivity index (χ0n) is 15.9. The van der Waals surface area contributed by atoms with Crippen LogP contribution in [0, 0.1) is 0 Å². The molecule has 1 fully saturated rings. The number of alkyl halides is 3. The van der Waals surface area contributed by atoms with Gasteiger partial charge in [-0.25, -0.2) is 8.42 Å². The molecule has 0 aromatic heterocycles. The third kappa shape index (κ3) is 5.17. The fourth-order valence-electron chi connectivity index (χ4n) is 2.76. The second-order valence-corrected chi connectivity index (χ2v) is 8.99. The summed E-state index contributed by atoms with van der Waals surface area (Å²) in [5, 5.41) is 1.60. The normalized spacial score (nSPS) is 16.2. The fourth-order valence-corrected chi connectivity index (χ4v) is 4.55. The van der Waals surface area contributed by atoms with Crippen LogP contribution in [0.2, 0.25) is 0 Å². The average Bonchev–Trinajstić information content (AvgIpc) is 3.00. The van der Waals surface area contributed by atoms with E-state index in [1.165, 1.54) is 18.2 Å². The predicted molar refractivity (Wildman–Crippen MR) is 113 cm³/mol. The van der Waals surface area contributed by atoms with Crippen LogP contribution < -0.4 is 10.0 Å². The summed E-state index contributed by atoms with van der Waals surface area (Å²) in [6.45, 7) is 1.69. The van der Waals surface area contributed by atoms with E-state index in [9.17, 15) is 31.2 Å². The molecule has 0 bridgehead atoms. The van der Waals surface area contributed by atoms with E-state index in [2.05, 4.69) is 10.0 Å². The quantitative estimate of drug-likeness (QED) is 0.612. The summed E-state index contributed by atoms with van der Waals surface area (Å²) >= 11 is 0.707. The van der Waals surface area contributed by atoms with Gasteiger partial charge in [0.1, 0.15) is 0 Å². The van der Waals surface area contributed by atoms with Gasteiger partial charge < -0.3 is 0 Å². The topological polar surface area (TPSA) is 92.3 Å². The van der Waals surface area contributed by atoms with E-state index >= 15 is 0 Å². The third-order valence-electron chi connectivity index (χ3n) is 4.12. The first kappa shape index (κ1) is 22.6. The fraction of sp³-hybridized carbons (Fsp3) is 0.100. The lowest BCUT2D eigenvalue weighted by Gasteiger charge is -2.14. The van der Waals surface area contributed by atoms with Gasteiger partial charge in [-0.15, -0.1) is 0 Å². The Labute approximate surface area is 180 Å². The number of amides is 2. The van der Waals surface area contributed by atoms with Gasteiger partial charge in [0, 0.05) is 5.56 Å². The number of sulfonamides is 1. The molecule has 1 saturated heterocycles. The molecule has 2 aromatic rings. The minimum atomic E-state index is -4.69. The molecule has 2 aromatic carbocycles. The highest BCUT2D eigenvalue weighted by Gasteiger charge is 2.32. The van der Waals surface area contributed by atoms with Gasteiger partial charge in [-0.2, -0.15) is 13.2 Å². The number of imide groups is 1. The molecular formula is C20H15F3N2O4S2. The molecule has 11 heteroatoms. The summed E-state index contributed by atoms with van der Waals surface area (Å²) in [4.78, 5) is 22.8. The van der Waals surface area contributed by atoms with Crippen LogP contribution in [0.25, 0.3) is 12.2 Å². The second-order valence-electron chi connectivity index (χ2n) is 6.29.